The van der Waals surface area contributed by atoms with Gasteiger partial charge in [0.2, 0.25) is 0 Å². The number of nitrogens with zero attached hydrogens (tertiary/aromatic N) is 1. The van der Waals surface area contributed by atoms with Crippen LogP contribution in [0, 0.1) is 0 Å². The minimum atomic E-state index is -4.37. The Labute approximate surface area is 167 Å². The average Bonchev–Trinajstić information content (AvgIpc) is 2.92. The number of esters is 1. The number of carbonyl (C=O) groups is 2. The Morgan fingerprint density at radius 3 is 2.38 bits per heavy atom. The van der Waals surface area contributed by atoms with Gasteiger partial charge >= 0.3 is 12.1 Å². The smallest absolute Gasteiger partial charge is 0.416 e. The van der Waals surface area contributed by atoms with Crippen LogP contribution < -0.4 is 5.32 Å². The van der Waals surface area contributed by atoms with E-state index in [1.165, 1.54) is 12.1 Å². The number of alkyl halides is 3. The molecule has 29 heavy (non-hydrogen) atoms. The molecule has 2 heterocycles. The zero-order valence-electron chi connectivity index (χ0n) is 16.6. The first-order valence-electron chi connectivity index (χ1n) is 9.77. The molecule has 5 nitrogen and oxygen atoms in total. The van der Waals surface area contributed by atoms with E-state index in [9.17, 15) is 22.8 Å². The Bertz CT molecular complexity index is 807. The highest BCUT2D eigenvalue weighted by atomic mass is 19.4. The molecule has 0 radical (unpaired) electrons. The number of likely N-dealkylation sites (tertiary alicyclic amines) is 1. The van der Waals surface area contributed by atoms with Crippen molar-refractivity contribution in [2.75, 3.05) is 26.2 Å². The van der Waals surface area contributed by atoms with E-state index in [-0.39, 0.29) is 12.5 Å². The fourth-order valence-electron chi connectivity index (χ4n) is 3.98. The van der Waals surface area contributed by atoms with Gasteiger partial charge in [-0.15, -0.1) is 0 Å². The molecular formula is C21H25F3N2O3. The maximum atomic E-state index is 12.8. The molecule has 1 spiro atoms. The highest BCUT2D eigenvalue weighted by Gasteiger charge is 2.50. The number of hydrogen-bond donors (Lipinski definition) is 1. The molecule has 2 aliphatic heterocycles. The summed E-state index contributed by atoms with van der Waals surface area (Å²) in [4.78, 5) is 27.2. The molecule has 0 aliphatic carbocycles. The third-order valence-corrected chi connectivity index (χ3v) is 5.74. The number of halogens is 3. The number of hydrogen-bond acceptors (Lipinski definition) is 4. The van der Waals surface area contributed by atoms with Gasteiger partial charge < -0.3 is 15.0 Å². The molecule has 1 fully saturated rings. The molecule has 0 atom stereocenters. The fourth-order valence-corrected chi connectivity index (χ4v) is 3.98. The molecule has 0 unspecified atom stereocenters. The van der Waals surface area contributed by atoms with Crippen LogP contribution in [0.15, 0.2) is 35.4 Å². The van der Waals surface area contributed by atoms with Crippen LogP contribution in [0.4, 0.5) is 13.2 Å². The van der Waals surface area contributed by atoms with E-state index in [0.29, 0.717) is 36.0 Å². The van der Waals surface area contributed by atoms with Crippen LogP contribution in [-0.4, -0.2) is 48.6 Å². The van der Waals surface area contributed by atoms with Gasteiger partial charge in [-0.05, 0) is 37.6 Å². The van der Waals surface area contributed by atoms with Crippen LogP contribution >= 0.6 is 0 Å². The summed E-state index contributed by atoms with van der Waals surface area (Å²) in [6, 6.07) is 4.88. The van der Waals surface area contributed by atoms with Crippen molar-refractivity contribution in [3.8, 4) is 0 Å². The van der Waals surface area contributed by atoms with Gasteiger partial charge in [0.25, 0.3) is 5.91 Å². The zero-order chi connectivity index (χ0) is 21.2. The number of ether oxygens (including phenoxy) is 1. The van der Waals surface area contributed by atoms with Crippen LogP contribution in [0.2, 0.25) is 0 Å². The molecule has 1 aromatic carbocycles. The summed E-state index contributed by atoms with van der Waals surface area (Å²) < 4.78 is 43.5. The van der Waals surface area contributed by atoms with Gasteiger partial charge in [0.05, 0.1) is 11.1 Å². The van der Waals surface area contributed by atoms with Gasteiger partial charge in [0.1, 0.15) is 5.60 Å². The van der Waals surface area contributed by atoms with E-state index >= 15 is 0 Å². The second-order valence-corrected chi connectivity index (χ2v) is 7.52. The number of piperidine rings is 1. The van der Waals surface area contributed by atoms with Crippen molar-refractivity contribution >= 4 is 11.9 Å². The van der Waals surface area contributed by atoms with Crippen LogP contribution in [0.5, 0.6) is 0 Å². The normalized spacial score (nSPS) is 19.6. The highest BCUT2D eigenvalue weighted by Crippen LogP contribution is 2.41. The van der Waals surface area contributed by atoms with Gasteiger partial charge in [0.15, 0.2) is 0 Å². The van der Waals surface area contributed by atoms with Crippen molar-refractivity contribution in [1.29, 1.82) is 0 Å². The van der Waals surface area contributed by atoms with E-state index in [0.717, 1.165) is 31.8 Å². The van der Waals surface area contributed by atoms with Crippen LogP contribution in [0.1, 0.15) is 37.8 Å². The molecule has 1 aromatic rings. The summed E-state index contributed by atoms with van der Waals surface area (Å²) >= 11 is 0. The Morgan fingerprint density at radius 2 is 1.83 bits per heavy atom. The van der Waals surface area contributed by atoms with Crippen LogP contribution in [0.25, 0.3) is 0 Å². The number of benzene rings is 1. The topological polar surface area (TPSA) is 58.6 Å². The van der Waals surface area contributed by atoms with Gasteiger partial charge in [-0.3, -0.25) is 4.79 Å². The van der Waals surface area contributed by atoms with Crippen molar-refractivity contribution in [2.24, 2.45) is 0 Å². The monoisotopic (exact) mass is 410 g/mol. The summed E-state index contributed by atoms with van der Waals surface area (Å²) in [7, 11) is 0. The standard InChI is InChI=1S/C21H25F3N2O3/c1-3-26-12-9-20(10-13-26)17(14(2)19(28)29-20)18(27)25-11-8-15-4-6-16(7-5-15)21(22,23)24/h4-7H,3,8-13H2,1-2H3,(H,25,27). The third-order valence-electron chi connectivity index (χ3n) is 5.74. The number of nitrogens with one attached hydrogen (secondary N) is 1. The fraction of sp³-hybridized carbons (Fsp3) is 0.524. The zero-order valence-corrected chi connectivity index (χ0v) is 16.6. The molecule has 8 heteroatoms. The number of amides is 1. The molecule has 158 valence electrons. The average molecular weight is 410 g/mol. The molecular weight excluding hydrogens is 385 g/mol. The van der Waals surface area contributed by atoms with Crippen molar-refractivity contribution in [2.45, 2.75) is 44.9 Å². The van der Waals surface area contributed by atoms with Gasteiger partial charge in [0, 0.05) is 38.0 Å². The minimum absolute atomic E-state index is 0.256. The van der Waals surface area contributed by atoms with Crippen LogP contribution in [0.3, 0.4) is 0 Å². The number of carbonyl (C=O) groups excluding carboxylic acids is 2. The van der Waals surface area contributed by atoms with Crippen molar-refractivity contribution < 1.29 is 27.5 Å². The lowest BCUT2D eigenvalue weighted by molar-refractivity contribution is -0.150. The lowest BCUT2D eigenvalue weighted by atomic mass is 9.82. The van der Waals surface area contributed by atoms with E-state index in [2.05, 4.69) is 17.1 Å². The quantitative estimate of drug-likeness (QED) is 0.758. The predicted octanol–water partition coefficient (Wildman–Crippen LogP) is 3.09. The summed E-state index contributed by atoms with van der Waals surface area (Å²) in [5, 5.41) is 2.80. The Kier molecular flexibility index (Phi) is 6.03. The molecule has 1 N–H and O–H groups in total. The van der Waals surface area contributed by atoms with Gasteiger partial charge in [-0.2, -0.15) is 13.2 Å². The third kappa shape index (κ3) is 4.47. The van der Waals surface area contributed by atoms with E-state index < -0.39 is 23.3 Å². The summed E-state index contributed by atoms with van der Waals surface area (Å²) in [5.74, 6) is -0.798. The SMILES string of the molecule is CCN1CCC2(CC1)OC(=O)C(C)=C2C(=O)NCCc1ccc(C(F)(F)F)cc1. The van der Waals surface area contributed by atoms with Gasteiger partial charge in [-0.25, -0.2) is 4.79 Å². The molecule has 0 aromatic heterocycles. The van der Waals surface area contributed by atoms with Crippen molar-refractivity contribution in [3.05, 3.63) is 46.5 Å². The largest absolute Gasteiger partial charge is 0.450 e. The first-order chi connectivity index (χ1) is 13.7. The predicted molar refractivity (Wildman–Crippen MR) is 101 cm³/mol. The molecule has 2 aliphatic rings. The Hall–Kier alpha value is -2.35. The maximum absolute atomic E-state index is 12.8. The lowest BCUT2D eigenvalue weighted by Gasteiger charge is -2.39. The second-order valence-electron chi connectivity index (χ2n) is 7.52. The first-order valence-corrected chi connectivity index (χ1v) is 9.77. The highest BCUT2D eigenvalue weighted by molar-refractivity contribution is 6.07. The van der Waals surface area contributed by atoms with Gasteiger partial charge in [-0.1, -0.05) is 19.1 Å². The minimum Gasteiger partial charge on any atom is -0.450 e. The molecule has 1 amide bonds. The van der Waals surface area contributed by atoms with Crippen molar-refractivity contribution in [1.82, 2.24) is 10.2 Å². The van der Waals surface area contributed by atoms with Crippen LogP contribution in [-0.2, 0) is 26.9 Å². The van der Waals surface area contributed by atoms with E-state index in [1.807, 2.05) is 0 Å². The molecule has 0 saturated carbocycles. The second kappa shape index (κ2) is 8.18. The summed E-state index contributed by atoms with van der Waals surface area (Å²) in [6.07, 6.45) is -2.83. The van der Waals surface area contributed by atoms with E-state index in [4.69, 9.17) is 4.74 Å². The van der Waals surface area contributed by atoms with E-state index in [1.54, 1.807) is 6.92 Å². The van der Waals surface area contributed by atoms with Crippen molar-refractivity contribution in [3.63, 3.8) is 0 Å². The first kappa shape index (κ1) is 21.4. The summed E-state index contributed by atoms with van der Waals surface area (Å²) in [5.41, 5.74) is -0.153. The Balaban J connectivity index is 1.62. The summed E-state index contributed by atoms with van der Waals surface area (Å²) in [6.45, 7) is 6.33. The molecule has 3 rings (SSSR count). The molecule has 0 bridgehead atoms. The maximum Gasteiger partial charge on any atom is 0.416 e. The molecule has 1 saturated heterocycles. The Morgan fingerprint density at radius 1 is 1.21 bits per heavy atom. The lowest BCUT2D eigenvalue weighted by Crippen LogP contribution is -2.48. The number of rotatable bonds is 5.